The zero-order chi connectivity index (χ0) is 19.7. The van der Waals surface area contributed by atoms with E-state index in [2.05, 4.69) is 9.98 Å². The van der Waals surface area contributed by atoms with Gasteiger partial charge in [0.15, 0.2) is 0 Å². The summed E-state index contributed by atoms with van der Waals surface area (Å²) < 4.78 is 38.5. The van der Waals surface area contributed by atoms with Gasteiger partial charge < -0.3 is 15.9 Å². The lowest BCUT2D eigenvalue weighted by Crippen LogP contribution is -2.22. The smallest absolute Gasteiger partial charge is 0.416 e. The van der Waals surface area contributed by atoms with Crippen molar-refractivity contribution in [2.75, 3.05) is 12.3 Å². The molecule has 2 rings (SSSR count). The lowest BCUT2D eigenvalue weighted by Gasteiger charge is -2.16. The molecule has 0 spiro atoms. The number of phenols is 1. The predicted octanol–water partition coefficient (Wildman–Crippen LogP) is 3.55. The van der Waals surface area contributed by atoms with E-state index in [4.69, 9.17) is 5.73 Å². The minimum atomic E-state index is -4.55. The minimum absolute atomic E-state index is 0.110. The topological polar surface area (TPSA) is 91.7 Å². The summed E-state index contributed by atoms with van der Waals surface area (Å²) in [6.45, 7) is 4.80. The number of benzene rings is 1. The first kappa shape index (κ1) is 19.7. The van der Waals surface area contributed by atoms with Crippen molar-refractivity contribution in [2.24, 2.45) is 4.99 Å². The highest BCUT2D eigenvalue weighted by Crippen LogP contribution is 2.38. The number of pyridine rings is 1. The number of nitrogens with two attached hydrogens (primary N) is 1. The largest absolute Gasteiger partial charge is 0.507 e. The molecule has 0 amide bonds. The van der Waals surface area contributed by atoms with E-state index in [9.17, 15) is 23.4 Å². The maximum Gasteiger partial charge on any atom is 0.416 e. The van der Waals surface area contributed by atoms with Gasteiger partial charge >= 0.3 is 6.18 Å². The van der Waals surface area contributed by atoms with Crippen LogP contribution in [0.25, 0.3) is 11.3 Å². The van der Waals surface area contributed by atoms with Gasteiger partial charge in [0.05, 0.1) is 23.4 Å². The van der Waals surface area contributed by atoms with Crippen LogP contribution in [0.15, 0.2) is 29.3 Å². The molecule has 2 aromatic rings. The summed E-state index contributed by atoms with van der Waals surface area (Å²) in [7, 11) is 0. The van der Waals surface area contributed by atoms with Gasteiger partial charge in [-0.1, -0.05) is 0 Å². The van der Waals surface area contributed by atoms with E-state index in [0.29, 0.717) is 11.6 Å². The van der Waals surface area contributed by atoms with E-state index < -0.39 is 23.0 Å². The Bertz CT molecular complexity index is 823. The van der Waals surface area contributed by atoms with Crippen LogP contribution < -0.4 is 5.73 Å². The third-order valence-electron chi connectivity index (χ3n) is 3.80. The van der Waals surface area contributed by atoms with Gasteiger partial charge in [-0.15, -0.1) is 0 Å². The number of nitrogen functional groups attached to an aromatic ring is 1. The Morgan fingerprint density at radius 3 is 2.38 bits per heavy atom. The standard InChI is InChI=1S/C18H20F3N3O2/c1-10-6-12(18(19,20)21)7-14(26)15(10)13-5-4-11(16(22)24-13)8-23-17(2,3)9-25/h4-8,25-26H,9H2,1-3H3,(H2,22,24). The van der Waals surface area contributed by atoms with Crippen molar-refractivity contribution in [3.05, 3.63) is 41.0 Å². The number of alkyl halides is 3. The molecule has 0 atom stereocenters. The predicted molar refractivity (Wildman–Crippen MR) is 94.2 cm³/mol. The number of aliphatic hydroxyl groups is 1. The van der Waals surface area contributed by atoms with Crippen molar-refractivity contribution in [2.45, 2.75) is 32.5 Å². The second kappa shape index (κ2) is 6.95. The van der Waals surface area contributed by atoms with E-state index in [-0.39, 0.29) is 29.2 Å². The number of aryl methyl sites for hydroxylation is 1. The number of aliphatic hydroxyl groups excluding tert-OH is 1. The van der Waals surface area contributed by atoms with E-state index in [1.165, 1.54) is 13.1 Å². The quantitative estimate of drug-likeness (QED) is 0.721. The van der Waals surface area contributed by atoms with Gasteiger partial charge in [0.2, 0.25) is 0 Å². The molecule has 0 saturated heterocycles. The van der Waals surface area contributed by atoms with Crippen LogP contribution in [0.4, 0.5) is 19.0 Å². The van der Waals surface area contributed by atoms with E-state index >= 15 is 0 Å². The highest BCUT2D eigenvalue weighted by Gasteiger charge is 2.32. The molecular weight excluding hydrogens is 347 g/mol. The molecule has 1 aromatic heterocycles. The van der Waals surface area contributed by atoms with Crippen LogP contribution in [0.2, 0.25) is 0 Å². The van der Waals surface area contributed by atoms with E-state index in [1.54, 1.807) is 26.0 Å². The second-order valence-electron chi connectivity index (χ2n) is 6.58. The summed E-state index contributed by atoms with van der Waals surface area (Å²) in [6, 6.07) is 4.76. The highest BCUT2D eigenvalue weighted by molar-refractivity contribution is 5.87. The zero-order valence-corrected chi connectivity index (χ0v) is 14.6. The summed E-state index contributed by atoms with van der Waals surface area (Å²) in [5.74, 6) is -0.411. The number of halogens is 3. The van der Waals surface area contributed by atoms with Crippen LogP contribution in [0, 0.1) is 6.92 Å². The molecule has 4 N–H and O–H groups in total. The Balaban J connectivity index is 2.44. The van der Waals surface area contributed by atoms with Gasteiger partial charge in [0.25, 0.3) is 0 Å². The van der Waals surface area contributed by atoms with Crippen LogP contribution in [-0.2, 0) is 6.18 Å². The first-order chi connectivity index (χ1) is 11.9. The number of phenolic OH excluding ortho intramolecular Hbond substituents is 1. The van der Waals surface area contributed by atoms with Gasteiger partial charge in [-0.25, -0.2) is 4.98 Å². The fourth-order valence-corrected chi connectivity index (χ4v) is 2.28. The molecule has 0 fully saturated rings. The molecule has 26 heavy (non-hydrogen) atoms. The van der Waals surface area contributed by atoms with E-state index in [0.717, 1.165) is 6.07 Å². The maximum absolute atomic E-state index is 12.8. The van der Waals surface area contributed by atoms with Crippen LogP contribution in [0.1, 0.15) is 30.5 Å². The Labute approximate surface area is 149 Å². The first-order valence-corrected chi connectivity index (χ1v) is 7.78. The van der Waals surface area contributed by atoms with Crippen molar-refractivity contribution in [1.82, 2.24) is 4.98 Å². The monoisotopic (exact) mass is 367 g/mol. The third-order valence-corrected chi connectivity index (χ3v) is 3.80. The Kier molecular flexibility index (Phi) is 5.27. The summed E-state index contributed by atoms with van der Waals surface area (Å²) in [5, 5.41) is 19.3. The molecule has 0 aliphatic heterocycles. The van der Waals surface area contributed by atoms with Gasteiger partial charge in [-0.3, -0.25) is 4.99 Å². The number of aromatic nitrogens is 1. The van der Waals surface area contributed by atoms with Crippen molar-refractivity contribution < 1.29 is 23.4 Å². The minimum Gasteiger partial charge on any atom is -0.507 e. The fourth-order valence-electron chi connectivity index (χ4n) is 2.28. The number of hydrogen-bond donors (Lipinski definition) is 3. The summed E-state index contributed by atoms with van der Waals surface area (Å²) in [6.07, 6.45) is -3.07. The second-order valence-corrected chi connectivity index (χ2v) is 6.58. The number of aromatic hydroxyl groups is 1. The number of aliphatic imine (C=N–C) groups is 1. The Morgan fingerprint density at radius 2 is 1.88 bits per heavy atom. The number of rotatable bonds is 4. The molecule has 5 nitrogen and oxygen atoms in total. The molecule has 0 saturated carbocycles. The lowest BCUT2D eigenvalue weighted by atomic mass is 10.00. The third kappa shape index (κ3) is 4.32. The van der Waals surface area contributed by atoms with Gasteiger partial charge in [0, 0.05) is 17.3 Å². The number of nitrogens with zero attached hydrogens (tertiary/aromatic N) is 2. The maximum atomic E-state index is 12.8. The molecule has 8 heteroatoms. The molecule has 0 unspecified atom stereocenters. The molecular formula is C18H20F3N3O2. The molecule has 140 valence electrons. The van der Waals surface area contributed by atoms with Crippen molar-refractivity contribution >= 4 is 12.0 Å². The van der Waals surface area contributed by atoms with Crippen molar-refractivity contribution in [3.8, 4) is 17.0 Å². The highest BCUT2D eigenvalue weighted by atomic mass is 19.4. The van der Waals surface area contributed by atoms with Crippen LogP contribution in [0.5, 0.6) is 5.75 Å². The lowest BCUT2D eigenvalue weighted by molar-refractivity contribution is -0.137. The molecule has 1 heterocycles. The van der Waals surface area contributed by atoms with Crippen LogP contribution in [-0.4, -0.2) is 33.6 Å². The Morgan fingerprint density at radius 1 is 1.23 bits per heavy atom. The number of hydrogen-bond acceptors (Lipinski definition) is 5. The fraction of sp³-hybridized carbons (Fsp3) is 0.333. The molecule has 0 aliphatic rings. The normalized spacial score (nSPS) is 12.7. The Hall–Kier alpha value is -2.61. The summed E-state index contributed by atoms with van der Waals surface area (Å²) in [4.78, 5) is 8.38. The van der Waals surface area contributed by atoms with Gasteiger partial charge in [-0.05, 0) is 50.6 Å². The molecule has 0 bridgehead atoms. The van der Waals surface area contributed by atoms with Gasteiger partial charge in [-0.2, -0.15) is 13.2 Å². The van der Waals surface area contributed by atoms with Crippen molar-refractivity contribution in [3.63, 3.8) is 0 Å². The van der Waals surface area contributed by atoms with E-state index in [1.807, 2.05) is 0 Å². The van der Waals surface area contributed by atoms with Gasteiger partial charge in [0.1, 0.15) is 11.6 Å². The SMILES string of the molecule is Cc1cc(C(F)(F)F)cc(O)c1-c1ccc(C=NC(C)(C)CO)c(N)n1. The molecule has 0 radical (unpaired) electrons. The average Bonchev–Trinajstić information content (AvgIpc) is 2.52. The van der Waals surface area contributed by atoms with Crippen LogP contribution >= 0.6 is 0 Å². The number of anilines is 1. The van der Waals surface area contributed by atoms with Crippen molar-refractivity contribution in [1.29, 1.82) is 0 Å². The molecule has 1 aromatic carbocycles. The average molecular weight is 367 g/mol. The van der Waals surface area contributed by atoms with Crippen LogP contribution in [0.3, 0.4) is 0 Å². The summed E-state index contributed by atoms with van der Waals surface area (Å²) in [5.41, 5.74) is 5.46. The summed E-state index contributed by atoms with van der Waals surface area (Å²) >= 11 is 0. The molecule has 0 aliphatic carbocycles. The first-order valence-electron chi connectivity index (χ1n) is 7.78. The zero-order valence-electron chi connectivity index (χ0n) is 14.6.